The van der Waals surface area contributed by atoms with Crippen molar-refractivity contribution in [2.75, 3.05) is 13.7 Å². The maximum absolute atomic E-state index is 5.67. The van der Waals surface area contributed by atoms with Crippen LogP contribution in [-0.4, -0.2) is 34.8 Å². The number of rotatable bonds is 8. The van der Waals surface area contributed by atoms with Gasteiger partial charge in [0.1, 0.15) is 18.1 Å². The summed E-state index contributed by atoms with van der Waals surface area (Å²) in [6.07, 6.45) is 4.53. The van der Waals surface area contributed by atoms with E-state index >= 15 is 0 Å². The second-order valence-corrected chi connectivity index (χ2v) is 5.15. The van der Waals surface area contributed by atoms with E-state index in [-0.39, 0.29) is 0 Å². The van der Waals surface area contributed by atoms with E-state index in [9.17, 15) is 0 Å². The summed E-state index contributed by atoms with van der Waals surface area (Å²) < 4.78 is 12.6. The lowest BCUT2D eigenvalue weighted by Gasteiger charge is -2.06. The molecule has 1 fully saturated rings. The summed E-state index contributed by atoms with van der Waals surface area (Å²) in [5, 5.41) is 11.7. The van der Waals surface area contributed by atoms with Crippen molar-refractivity contribution < 1.29 is 9.47 Å². The third kappa shape index (κ3) is 4.19. The summed E-state index contributed by atoms with van der Waals surface area (Å²) in [7, 11) is 1.65. The number of hydrogen-bond donors (Lipinski definition) is 1. The summed E-state index contributed by atoms with van der Waals surface area (Å²) in [6, 6.07) is 8.24. The van der Waals surface area contributed by atoms with Gasteiger partial charge in [0.15, 0.2) is 0 Å². The molecule has 6 heteroatoms. The topological polar surface area (TPSA) is 61.2 Å². The molecule has 0 atom stereocenters. The van der Waals surface area contributed by atoms with Gasteiger partial charge in [0.05, 0.1) is 19.3 Å². The molecule has 0 spiro atoms. The van der Waals surface area contributed by atoms with E-state index in [1.54, 1.807) is 7.11 Å². The van der Waals surface area contributed by atoms with Gasteiger partial charge in [0, 0.05) is 18.8 Å². The first kappa shape index (κ1) is 13.9. The van der Waals surface area contributed by atoms with Crippen molar-refractivity contribution in [3.63, 3.8) is 0 Å². The Morgan fingerprint density at radius 1 is 1.24 bits per heavy atom. The van der Waals surface area contributed by atoms with Crippen LogP contribution in [0.4, 0.5) is 0 Å². The predicted molar refractivity (Wildman–Crippen MR) is 78.4 cm³/mol. The van der Waals surface area contributed by atoms with Crippen molar-refractivity contribution in [1.82, 2.24) is 20.3 Å². The van der Waals surface area contributed by atoms with Gasteiger partial charge < -0.3 is 14.8 Å². The van der Waals surface area contributed by atoms with Crippen LogP contribution in [0.2, 0.25) is 0 Å². The minimum Gasteiger partial charge on any atom is -0.497 e. The molecule has 1 heterocycles. The normalized spacial score (nSPS) is 14.1. The SMILES string of the molecule is COc1ccc(OCCn2cc(CNC3CC3)nn2)cc1. The first-order chi connectivity index (χ1) is 10.3. The molecule has 0 aliphatic heterocycles. The molecular formula is C15H20N4O2. The highest BCUT2D eigenvalue weighted by atomic mass is 16.5. The first-order valence-corrected chi connectivity index (χ1v) is 7.23. The molecule has 1 aliphatic carbocycles. The zero-order valence-corrected chi connectivity index (χ0v) is 12.2. The van der Waals surface area contributed by atoms with Crippen molar-refractivity contribution >= 4 is 0 Å². The molecule has 1 aromatic carbocycles. The highest BCUT2D eigenvalue weighted by Crippen LogP contribution is 2.19. The Hall–Kier alpha value is -2.08. The fourth-order valence-corrected chi connectivity index (χ4v) is 1.99. The summed E-state index contributed by atoms with van der Waals surface area (Å²) in [4.78, 5) is 0. The van der Waals surface area contributed by atoms with Crippen molar-refractivity contribution in [3.05, 3.63) is 36.2 Å². The number of hydrogen-bond acceptors (Lipinski definition) is 5. The van der Waals surface area contributed by atoms with Gasteiger partial charge in [-0.3, -0.25) is 0 Å². The average molecular weight is 288 g/mol. The van der Waals surface area contributed by atoms with Crippen molar-refractivity contribution in [2.24, 2.45) is 0 Å². The molecule has 1 N–H and O–H groups in total. The lowest BCUT2D eigenvalue weighted by atomic mass is 10.3. The Balaban J connectivity index is 1.41. The maximum atomic E-state index is 5.67. The number of ether oxygens (including phenoxy) is 2. The highest BCUT2D eigenvalue weighted by Gasteiger charge is 2.20. The number of benzene rings is 1. The molecule has 0 radical (unpaired) electrons. The molecule has 2 aromatic rings. The molecule has 1 aromatic heterocycles. The Morgan fingerprint density at radius 3 is 2.71 bits per heavy atom. The molecular weight excluding hydrogens is 268 g/mol. The van der Waals surface area contributed by atoms with Crippen LogP contribution in [0.25, 0.3) is 0 Å². The van der Waals surface area contributed by atoms with Gasteiger partial charge >= 0.3 is 0 Å². The standard InChI is InChI=1S/C15H20N4O2/c1-20-14-4-6-15(7-5-14)21-9-8-19-11-13(17-18-19)10-16-12-2-3-12/h4-7,11-12,16H,2-3,8-10H2,1H3. The number of nitrogens with zero attached hydrogens (tertiary/aromatic N) is 3. The summed E-state index contributed by atoms with van der Waals surface area (Å²) in [5.74, 6) is 1.65. The Labute approximate surface area is 124 Å². The van der Waals surface area contributed by atoms with Crippen molar-refractivity contribution in [3.8, 4) is 11.5 Å². The monoisotopic (exact) mass is 288 g/mol. The quantitative estimate of drug-likeness (QED) is 0.800. The van der Waals surface area contributed by atoms with Crippen LogP contribution >= 0.6 is 0 Å². The fourth-order valence-electron chi connectivity index (χ4n) is 1.99. The molecule has 21 heavy (non-hydrogen) atoms. The molecule has 0 bridgehead atoms. The molecule has 112 valence electrons. The van der Waals surface area contributed by atoms with Gasteiger partial charge in [0.25, 0.3) is 0 Å². The number of aromatic nitrogens is 3. The molecule has 1 saturated carbocycles. The smallest absolute Gasteiger partial charge is 0.119 e. The van der Waals surface area contributed by atoms with E-state index in [1.165, 1.54) is 12.8 Å². The Kier molecular flexibility index (Phi) is 4.35. The van der Waals surface area contributed by atoms with Crippen LogP contribution in [0.3, 0.4) is 0 Å². The number of methoxy groups -OCH3 is 1. The van der Waals surface area contributed by atoms with Crippen LogP contribution in [0.15, 0.2) is 30.5 Å². The van der Waals surface area contributed by atoms with Crippen LogP contribution < -0.4 is 14.8 Å². The molecule has 0 unspecified atom stereocenters. The molecule has 0 amide bonds. The van der Waals surface area contributed by atoms with Crippen molar-refractivity contribution in [1.29, 1.82) is 0 Å². The van der Waals surface area contributed by atoms with Gasteiger partial charge in [-0.2, -0.15) is 0 Å². The predicted octanol–water partition coefficient (Wildman–Crippen LogP) is 1.62. The van der Waals surface area contributed by atoms with E-state index in [0.29, 0.717) is 19.2 Å². The van der Waals surface area contributed by atoms with Gasteiger partial charge in [-0.1, -0.05) is 5.21 Å². The fraction of sp³-hybridized carbons (Fsp3) is 0.467. The summed E-state index contributed by atoms with van der Waals surface area (Å²) >= 11 is 0. The Morgan fingerprint density at radius 2 is 2.00 bits per heavy atom. The zero-order valence-electron chi connectivity index (χ0n) is 12.2. The average Bonchev–Trinajstić information content (AvgIpc) is 3.25. The first-order valence-electron chi connectivity index (χ1n) is 7.23. The van der Waals surface area contributed by atoms with E-state index in [0.717, 1.165) is 23.7 Å². The Bertz CT molecular complexity index is 563. The van der Waals surface area contributed by atoms with Crippen LogP contribution in [-0.2, 0) is 13.1 Å². The molecule has 0 saturated heterocycles. The highest BCUT2D eigenvalue weighted by molar-refractivity contribution is 5.31. The largest absolute Gasteiger partial charge is 0.497 e. The van der Waals surface area contributed by atoms with Gasteiger partial charge in [-0.05, 0) is 37.1 Å². The van der Waals surface area contributed by atoms with E-state index in [1.807, 2.05) is 35.1 Å². The zero-order chi connectivity index (χ0) is 14.5. The molecule has 3 rings (SSSR count). The van der Waals surface area contributed by atoms with E-state index in [2.05, 4.69) is 15.6 Å². The van der Waals surface area contributed by atoms with E-state index in [4.69, 9.17) is 9.47 Å². The second-order valence-electron chi connectivity index (χ2n) is 5.15. The van der Waals surface area contributed by atoms with Crippen LogP contribution in [0.1, 0.15) is 18.5 Å². The van der Waals surface area contributed by atoms with Gasteiger partial charge in [-0.15, -0.1) is 5.10 Å². The lowest BCUT2D eigenvalue weighted by Crippen LogP contribution is -2.15. The summed E-state index contributed by atoms with van der Waals surface area (Å²) in [6.45, 7) is 2.04. The second kappa shape index (κ2) is 6.58. The van der Waals surface area contributed by atoms with Crippen LogP contribution in [0, 0.1) is 0 Å². The van der Waals surface area contributed by atoms with E-state index < -0.39 is 0 Å². The minimum atomic E-state index is 0.561. The summed E-state index contributed by atoms with van der Waals surface area (Å²) in [5.41, 5.74) is 0.978. The van der Waals surface area contributed by atoms with Crippen molar-refractivity contribution in [2.45, 2.75) is 32.0 Å². The van der Waals surface area contributed by atoms with Crippen LogP contribution in [0.5, 0.6) is 11.5 Å². The van der Waals surface area contributed by atoms with Gasteiger partial charge in [-0.25, -0.2) is 4.68 Å². The minimum absolute atomic E-state index is 0.561. The third-order valence-corrected chi connectivity index (χ3v) is 3.38. The van der Waals surface area contributed by atoms with Gasteiger partial charge in [0.2, 0.25) is 0 Å². The lowest BCUT2D eigenvalue weighted by molar-refractivity contribution is 0.289. The molecule has 1 aliphatic rings. The maximum Gasteiger partial charge on any atom is 0.119 e. The third-order valence-electron chi connectivity index (χ3n) is 3.38. The number of nitrogens with one attached hydrogen (secondary N) is 1. The molecule has 6 nitrogen and oxygen atoms in total.